The van der Waals surface area contributed by atoms with Crippen molar-refractivity contribution in [1.29, 1.82) is 0 Å². The first-order valence-corrected chi connectivity index (χ1v) is 12.0. The van der Waals surface area contributed by atoms with Crippen LogP contribution in [0.4, 0.5) is 0 Å². The maximum absolute atomic E-state index is 4.70. The summed E-state index contributed by atoms with van der Waals surface area (Å²) in [5.41, 5.74) is 6.93. The van der Waals surface area contributed by atoms with Gasteiger partial charge in [0.05, 0.1) is 18.1 Å². The minimum atomic E-state index is -0.104. The summed E-state index contributed by atoms with van der Waals surface area (Å²) < 4.78 is 2.16. The summed E-state index contributed by atoms with van der Waals surface area (Å²) in [4.78, 5) is 3.35. The van der Waals surface area contributed by atoms with Crippen molar-refractivity contribution in [3.63, 3.8) is 0 Å². The molecule has 0 fully saturated rings. The molecule has 0 saturated carbocycles. The summed E-state index contributed by atoms with van der Waals surface area (Å²) in [6.07, 6.45) is 13.6. The van der Waals surface area contributed by atoms with E-state index in [0.29, 0.717) is 0 Å². The summed E-state index contributed by atoms with van der Waals surface area (Å²) in [5, 5.41) is 18.3. The molecule has 4 aromatic rings. The fraction of sp³-hybridized carbons (Fsp3) is 0.120. The lowest BCUT2D eigenvalue weighted by Gasteiger charge is -2.06. The van der Waals surface area contributed by atoms with Crippen LogP contribution in [0.15, 0.2) is 88.1 Å². The molecule has 5 rings (SSSR count). The highest BCUT2D eigenvalue weighted by atomic mass is 79.9. The number of benzene rings is 2. The van der Waals surface area contributed by atoms with E-state index >= 15 is 0 Å². The number of hydrogen-bond donors (Lipinski definition) is 0. The Bertz CT molecular complexity index is 1430. The normalized spacial score (nSPS) is 15.5. The Kier molecular flexibility index (Phi) is 5.95. The Morgan fingerprint density at radius 2 is 1.42 bits per heavy atom. The molecule has 0 saturated heterocycles. The molecule has 2 aromatic carbocycles. The van der Waals surface area contributed by atoms with Gasteiger partial charge in [-0.05, 0) is 61.4 Å². The predicted molar refractivity (Wildman–Crippen MR) is 137 cm³/mol. The highest BCUT2D eigenvalue weighted by molar-refractivity contribution is 9.10. The van der Waals surface area contributed by atoms with Crippen LogP contribution in [0.5, 0.6) is 0 Å². The van der Waals surface area contributed by atoms with Crippen molar-refractivity contribution in [1.82, 2.24) is 30.0 Å². The average Bonchev–Trinajstić information content (AvgIpc) is 3.43. The zero-order chi connectivity index (χ0) is 22.9. The second-order valence-corrected chi connectivity index (χ2v) is 9.53. The summed E-state index contributed by atoms with van der Waals surface area (Å²) >= 11 is 7.09. The zero-order valence-corrected chi connectivity index (χ0v) is 21.2. The summed E-state index contributed by atoms with van der Waals surface area (Å²) in [5.74, 6) is 0. The van der Waals surface area contributed by atoms with Crippen molar-refractivity contribution in [2.75, 3.05) is 0 Å². The van der Waals surface area contributed by atoms with E-state index in [1.54, 1.807) is 22.0 Å². The van der Waals surface area contributed by atoms with E-state index in [0.717, 1.165) is 48.3 Å². The number of aromatic nitrogens is 6. The molecule has 1 aliphatic rings. The zero-order valence-electron chi connectivity index (χ0n) is 18.0. The first-order valence-electron chi connectivity index (χ1n) is 10.4. The SMILES string of the molecule is Cc1cc(-c2cnn(C3=CC=CC(n4ncc(-c5ccc(Br)c(C)c5)n4)C=C3)n2)ccc1Br. The minimum absolute atomic E-state index is 0.104. The van der Waals surface area contributed by atoms with Crippen LogP contribution in [-0.2, 0) is 0 Å². The third-order valence-corrected chi connectivity index (χ3v) is 7.22. The third kappa shape index (κ3) is 4.54. The van der Waals surface area contributed by atoms with Crippen LogP contribution in [0.1, 0.15) is 17.2 Å². The highest BCUT2D eigenvalue weighted by Crippen LogP contribution is 2.26. The van der Waals surface area contributed by atoms with Crippen LogP contribution >= 0.6 is 31.9 Å². The van der Waals surface area contributed by atoms with Gasteiger partial charge in [0.2, 0.25) is 0 Å². The number of hydrogen-bond acceptors (Lipinski definition) is 4. The van der Waals surface area contributed by atoms with Crippen LogP contribution in [-0.4, -0.2) is 30.0 Å². The summed E-state index contributed by atoms with van der Waals surface area (Å²) in [6.45, 7) is 4.13. The molecule has 6 nitrogen and oxygen atoms in total. The Morgan fingerprint density at radius 1 is 0.788 bits per heavy atom. The molecule has 1 unspecified atom stereocenters. The molecule has 0 radical (unpaired) electrons. The molecule has 8 heteroatoms. The van der Waals surface area contributed by atoms with Gasteiger partial charge in [0, 0.05) is 20.1 Å². The van der Waals surface area contributed by atoms with Crippen LogP contribution in [0.2, 0.25) is 0 Å². The lowest BCUT2D eigenvalue weighted by atomic mass is 10.1. The standard InChI is InChI=1S/C25H20Br2N6/c1-16-12-18(6-10-22(16)26)24-14-28-32(30-24)20-4-3-5-21(9-8-20)33-29-15-25(31-33)19-7-11-23(27)17(2)13-19/h3-15,20H,1-2H3. The molecule has 33 heavy (non-hydrogen) atoms. The van der Waals surface area contributed by atoms with Crippen molar-refractivity contribution in [2.45, 2.75) is 19.9 Å². The molecule has 1 aliphatic carbocycles. The number of nitrogens with zero attached hydrogens (tertiary/aromatic N) is 6. The van der Waals surface area contributed by atoms with Gasteiger partial charge in [0.1, 0.15) is 17.4 Å². The monoisotopic (exact) mass is 562 g/mol. The molecule has 2 heterocycles. The van der Waals surface area contributed by atoms with Gasteiger partial charge in [-0.15, -0.1) is 5.10 Å². The Labute approximate surface area is 208 Å². The van der Waals surface area contributed by atoms with E-state index in [1.807, 2.05) is 54.6 Å². The molecular formula is C25H20Br2N6. The van der Waals surface area contributed by atoms with Crippen molar-refractivity contribution < 1.29 is 0 Å². The molecule has 0 N–H and O–H groups in total. The smallest absolute Gasteiger partial charge is 0.113 e. The largest absolute Gasteiger partial charge is 0.173 e. The van der Waals surface area contributed by atoms with E-state index in [4.69, 9.17) is 5.10 Å². The maximum Gasteiger partial charge on any atom is 0.113 e. The lowest BCUT2D eigenvalue weighted by molar-refractivity contribution is 0.544. The van der Waals surface area contributed by atoms with Crippen molar-refractivity contribution in [3.8, 4) is 22.5 Å². The first-order chi connectivity index (χ1) is 16.0. The van der Waals surface area contributed by atoms with Gasteiger partial charge >= 0.3 is 0 Å². The van der Waals surface area contributed by atoms with Crippen molar-refractivity contribution in [2.24, 2.45) is 0 Å². The molecule has 1 atom stereocenters. The van der Waals surface area contributed by atoms with E-state index in [9.17, 15) is 0 Å². The highest BCUT2D eigenvalue weighted by Gasteiger charge is 2.13. The van der Waals surface area contributed by atoms with E-state index in [-0.39, 0.29) is 6.04 Å². The third-order valence-electron chi connectivity index (χ3n) is 5.44. The van der Waals surface area contributed by atoms with Crippen molar-refractivity contribution >= 4 is 37.6 Å². The van der Waals surface area contributed by atoms with E-state index in [2.05, 4.69) is 73.1 Å². The van der Waals surface area contributed by atoms with Crippen LogP contribution in [0.25, 0.3) is 28.2 Å². The predicted octanol–water partition coefficient (Wildman–Crippen LogP) is 6.55. The van der Waals surface area contributed by atoms with Gasteiger partial charge < -0.3 is 0 Å². The molecule has 164 valence electrons. The second kappa shape index (κ2) is 9.03. The van der Waals surface area contributed by atoms with Crippen LogP contribution in [0.3, 0.4) is 0 Å². The number of rotatable bonds is 4. The number of aryl methyl sites for hydroxylation is 2. The number of allylic oxidation sites excluding steroid dienone is 6. The second-order valence-electron chi connectivity index (χ2n) is 7.82. The lowest BCUT2D eigenvalue weighted by Crippen LogP contribution is -2.07. The molecule has 0 spiro atoms. The average molecular weight is 564 g/mol. The van der Waals surface area contributed by atoms with Crippen molar-refractivity contribution in [3.05, 3.63) is 99.2 Å². The topological polar surface area (TPSA) is 61.4 Å². The Morgan fingerprint density at radius 3 is 2.09 bits per heavy atom. The van der Waals surface area contributed by atoms with Gasteiger partial charge in [-0.2, -0.15) is 24.9 Å². The van der Waals surface area contributed by atoms with Gasteiger partial charge in [-0.25, -0.2) is 0 Å². The Hall–Kier alpha value is -3.10. The van der Waals surface area contributed by atoms with Gasteiger partial charge in [0.25, 0.3) is 0 Å². The minimum Gasteiger partial charge on any atom is -0.173 e. The fourth-order valence-corrected chi connectivity index (χ4v) is 4.04. The molecule has 0 bridgehead atoms. The molecular weight excluding hydrogens is 544 g/mol. The van der Waals surface area contributed by atoms with Crippen LogP contribution < -0.4 is 0 Å². The fourth-order valence-electron chi connectivity index (χ4n) is 3.55. The molecule has 0 amide bonds. The summed E-state index contributed by atoms with van der Waals surface area (Å²) in [6, 6.07) is 12.2. The quantitative estimate of drug-likeness (QED) is 0.282. The maximum atomic E-state index is 4.70. The van der Waals surface area contributed by atoms with E-state index in [1.165, 1.54) is 0 Å². The first kappa shape index (κ1) is 21.7. The Balaban J connectivity index is 1.35. The van der Waals surface area contributed by atoms with Crippen LogP contribution in [0, 0.1) is 13.8 Å². The van der Waals surface area contributed by atoms with Gasteiger partial charge in [0.15, 0.2) is 0 Å². The molecule has 0 aliphatic heterocycles. The van der Waals surface area contributed by atoms with Gasteiger partial charge in [-0.1, -0.05) is 62.2 Å². The summed E-state index contributed by atoms with van der Waals surface area (Å²) in [7, 11) is 0. The number of halogens is 2. The van der Waals surface area contributed by atoms with Gasteiger partial charge in [-0.3, -0.25) is 0 Å². The molecule has 2 aromatic heterocycles. The van der Waals surface area contributed by atoms with E-state index < -0.39 is 0 Å².